The van der Waals surface area contributed by atoms with Crippen molar-refractivity contribution in [2.75, 3.05) is 33.4 Å². The van der Waals surface area contributed by atoms with Crippen LogP contribution in [0.15, 0.2) is 11.6 Å². The van der Waals surface area contributed by atoms with E-state index in [-0.39, 0.29) is 0 Å². The van der Waals surface area contributed by atoms with Gasteiger partial charge in [0.15, 0.2) is 0 Å². The Bertz CT molecular complexity index is 354. The van der Waals surface area contributed by atoms with Crippen LogP contribution in [0.25, 0.3) is 0 Å². The minimum Gasteiger partial charge on any atom is -0.379 e. The monoisotopic (exact) mass is 292 g/mol. The summed E-state index contributed by atoms with van der Waals surface area (Å²) >= 11 is 0. The van der Waals surface area contributed by atoms with E-state index in [1.54, 1.807) is 5.57 Å². The molecule has 2 aliphatic carbocycles. The normalized spacial score (nSPS) is 28.9. The molecule has 3 aliphatic rings. The van der Waals surface area contributed by atoms with Gasteiger partial charge < -0.3 is 10.1 Å². The van der Waals surface area contributed by atoms with Crippen LogP contribution in [-0.4, -0.2) is 49.8 Å². The van der Waals surface area contributed by atoms with E-state index < -0.39 is 0 Å². The smallest absolute Gasteiger partial charge is 0.0594 e. The summed E-state index contributed by atoms with van der Waals surface area (Å²) in [4.78, 5) is 2.76. The van der Waals surface area contributed by atoms with Crippen LogP contribution in [0.2, 0.25) is 0 Å². The predicted molar refractivity (Wildman–Crippen MR) is 87.6 cm³/mol. The van der Waals surface area contributed by atoms with Gasteiger partial charge in [-0.05, 0) is 45.6 Å². The van der Waals surface area contributed by atoms with Crippen LogP contribution in [-0.2, 0) is 4.74 Å². The van der Waals surface area contributed by atoms with Gasteiger partial charge in [-0.15, -0.1) is 0 Å². The Morgan fingerprint density at radius 3 is 2.57 bits per heavy atom. The first-order chi connectivity index (χ1) is 10.4. The lowest BCUT2D eigenvalue weighted by molar-refractivity contribution is -0.0304. The first-order valence-corrected chi connectivity index (χ1v) is 9.06. The van der Waals surface area contributed by atoms with Crippen molar-refractivity contribution in [2.24, 2.45) is 0 Å². The molecule has 0 spiro atoms. The van der Waals surface area contributed by atoms with Gasteiger partial charge in [0.2, 0.25) is 0 Å². The van der Waals surface area contributed by atoms with Gasteiger partial charge in [0.05, 0.1) is 13.2 Å². The molecule has 1 heterocycles. The maximum absolute atomic E-state index is 5.61. The van der Waals surface area contributed by atoms with Crippen LogP contribution in [0.5, 0.6) is 0 Å². The summed E-state index contributed by atoms with van der Waals surface area (Å²) in [6.07, 6.45) is 14.8. The van der Waals surface area contributed by atoms with Crippen molar-refractivity contribution in [3.63, 3.8) is 0 Å². The largest absolute Gasteiger partial charge is 0.379 e. The second kappa shape index (κ2) is 7.26. The Labute approximate surface area is 130 Å². The van der Waals surface area contributed by atoms with Crippen molar-refractivity contribution in [1.82, 2.24) is 10.2 Å². The number of hydrogen-bond donors (Lipinski definition) is 1. The van der Waals surface area contributed by atoms with Gasteiger partial charge in [-0.1, -0.05) is 30.9 Å². The Balaban J connectivity index is 1.84. The molecular weight excluding hydrogens is 260 g/mol. The van der Waals surface area contributed by atoms with E-state index in [4.69, 9.17) is 4.74 Å². The molecule has 0 aromatic carbocycles. The van der Waals surface area contributed by atoms with Crippen molar-refractivity contribution >= 4 is 0 Å². The van der Waals surface area contributed by atoms with Crippen molar-refractivity contribution in [3.05, 3.63) is 11.6 Å². The lowest BCUT2D eigenvalue weighted by Crippen LogP contribution is -2.62. The Hall–Kier alpha value is -0.380. The maximum atomic E-state index is 5.61. The zero-order valence-corrected chi connectivity index (χ0v) is 13.7. The molecule has 1 unspecified atom stereocenters. The summed E-state index contributed by atoms with van der Waals surface area (Å²) in [5.74, 6) is 0. The molecule has 0 amide bonds. The topological polar surface area (TPSA) is 24.5 Å². The molecule has 1 N–H and O–H groups in total. The molecule has 3 rings (SSSR count). The molecule has 1 aliphatic heterocycles. The van der Waals surface area contributed by atoms with Crippen molar-refractivity contribution < 1.29 is 4.74 Å². The third-order valence-electron chi connectivity index (χ3n) is 5.88. The molecule has 21 heavy (non-hydrogen) atoms. The average Bonchev–Trinajstić information content (AvgIpc) is 2.87. The van der Waals surface area contributed by atoms with E-state index in [2.05, 4.69) is 23.3 Å². The number of nitrogens with zero attached hydrogens (tertiary/aromatic N) is 1. The van der Waals surface area contributed by atoms with Crippen LogP contribution in [0.1, 0.15) is 57.8 Å². The molecule has 2 fully saturated rings. The molecule has 120 valence electrons. The molecule has 0 aromatic rings. The van der Waals surface area contributed by atoms with Crippen LogP contribution in [0, 0.1) is 0 Å². The minimum absolute atomic E-state index is 0.356. The summed E-state index contributed by atoms with van der Waals surface area (Å²) in [7, 11) is 2.18. The van der Waals surface area contributed by atoms with E-state index in [9.17, 15) is 0 Å². The number of hydrogen-bond acceptors (Lipinski definition) is 3. The standard InChI is InChI=1S/C18H32N2O/c1-19-17(16-8-4-2-3-5-9-16)18(10-6-7-11-18)20-12-14-21-15-13-20/h8,17,19H,2-7,9-15H2,1H3. The van der Waals surface area contributed by atoms with Crippen molar-refractivity contribution in [2.45, 2.75) is 69.4 Å². The quantitative estimate of drug-likeness (QED) is 0.806. The fourth-order valence-electron chi connectivity index (χ4n) is 4.88. The van der Waals surface area contributed by atoms with Crippen LogP contribution in [0.4, 0.5) is 0 Å². The summed E-state index contributed by atoms with van der Waals surface area (Å²) in [6.45, 7) is 4.06. The van der Waals surface area contributed by atoms with E-state index in [0.29, 0.717) is 11.6 Å². The van der Waals surface area contributed by atoms with Gasteiger partial charge in [0.25, 0.3) is 0 Å². The zero-order chi connectivity index (χ0) is 14.5. The second-order valence-electron chi connectivity index (χ2n) is 7.01. The predicted octanol–water partition coefficient (Wildman–Crippen LogP) is 3.11. The highest BCUT2D eigenvalue weighted by Crippen LogP contribution is 2.42. The minimum atomic E-state index is 0.356. The summed E-state index contributed by atoms with van der Waals surface area (Å²) in [5.41, 5.74) is 2.05. The van der Waals surface area contributed by atoms with Crippen LogP contribution in [0.3, 0.4) is 0 Å². The Kier molecular flexibility index (Phi) is 5.36. The van der Waals surface area contributed by atoms with E-state index in [1.807, 2.05) is 0 Å². The first kappa shape index (κ1) is 15.5. The highest BCUT2D eigenvalue weighted by atomic mass is 16.5. The summed E-state index contributed by atoms with van der Waals surface area (Å²) < 4.78 is 5.61. The number of rotatable bonds is 4. The van der Waals surface area contributed by atoms with Crippen LogP contribution < -0.4 is 5.32 Å². The lowest BCUT2D eigenvalue weighted by atomic mass is 9.80. The number of nitrogens with one attached hydrogen (secondary N) is 1. The lowest BCUT2D eigenvalue weighted by Gasteiger charge is -2.49. The summed E-state index contributed by atoms with van der Waals surface area (Å²) in [5, 5.41) is 3.73. The second-order valence-corrected chi connectivity index (χ2v) is 7.01. The number of likely N-dealkylation sites (N-methyl/N-ethyl adjacent to an activating group) is 1. The fraction of sp³-hybridized carbons (Fsp3) is 0.889. The molecule has 1 saturated carbocycles. The van der Waals surface area contributed by atoms with E-state index >= 15 is 0 Å². The van der Waals surface area contributed by atoms with E-state index in [0.717, 1.165) is 26.3 Å². The molecule has 1 saturated heterocycles. The molecule has 3 heteroatoms. The van der Waals surface area contributed by atoms with Gasteiger partial charge in [-0.25, -0.2) is 0 Å². The Morgan fingerprint density at radius 1 is 1.10 bits per heavy atom. The van der Waals surface area contributed by atoms with Crippen molar-refractivity contribution in [1.29, 1.82) is 0 Å². The molecule has 3 nitrogen and oxygen atoms in total. The van der Waals surface area contributed by atoms with Gasteiger partial charge in [0.1, 0.15) is 0 Å². The molecular formula is C18H32N2O. The Morgan fingerprint density at radius 2 is 1.86 bits per heavy atom. The molecule has 0 bridgehead atoms. The third kappa shape index (κ3) is 3.20. The van der Waals surface area contributed by atoms with Gasteiger partial charge in [0, 0.05) is 24.7 Å². The third-order valence-corrected chi connectivity index (χ3v) is 5.88. The van der Waals surface area contributed by atoms with Gasteiger partial charge >= 0.3 is 0 Å². The van der Waals surface area contributed by atoms with Crippen LogP contribution >= 0.6 is 0 Å². The summed E-state index contributed by atoms with van der Waals surface area (Å²) in [6, 6.07) is 0.552. The van der Waals surface area contributed by atoms with Crippen molar-refractivity contribution in [3.8, 4) is 0 Å². The number of allylic oxidation sites excluding steroid dienone is 1. The molecule has 0 radical (unpaired) electrons. The fourth-order valence-corrected chi connectivity index (χ4v) is 4.88. The average molecular weight is 292 g/mol. The SMILES string of the molecule is CNC(C1=CCCCCC1)C1(N2CCOCC2)CCCC1. The number of ether oxygens (including phenoxy) is 1. The first-order valence-electron chi connectivity index (χ1n) is 9.06. The highest BCUT2D eigenvalue weighted by Gasteiger charge is 2.46. The van der Waals surface area contributed by atoms with E-state index in [1.165, 1.54) is 57.8 Å². The molecule has 0 aromatic heterocycles. The zero-order valence-electron chi connectivity index (χ0n) is 13.7. The van der Waals surface area contributed by atoms with Gasteiger partial charge in [-0.3, -0.25) is 4.90 Å². The number of morpholine rings is 1. The maximum Gasteiger partial charge on any atom is 0.0594 e. The van der Waals surface area contributed by atoms with Gasteiger partial charge in [-0.2, -0.15) is 0 Å². The molecule has 1 atom stereocenters. The highest BCUT2D eigenvalue weighted by molar-refractivity contribution is 5.22.